The number of sulfonamides is 1. The number of nitrogens with zero attached hydrogens (tertiary/aromatic N) is 3. The minimum absolute atomic E-state index is 0.0123. The molecule has 3 aromatic rings. The predicted octanol–water partition coefficient (Wildman–Crippen LogP) is 3.20. The molecule has 11 heteroatoms. The van der Waals surface area contributed by atoms with Gasteiger partial charge in [0.15, 0.2) is 5.78 Å². The maximum Gasteiger partial charge on any atom is 0.251 e. The normalized spacial score (nSPS) is 20.3. The molecule has 2 amide bonds. The molecule has 2 aliphatic heterocycles. The van der Waals surface area contributed by atoms with Gasteiger partial charge in [-0.25, -0.2) is 8.42 Å². The first-order chi connectivity index (χ1) is 18.7. The number of carbonyl (C=O) groups excluding carboxylic acids is 3. The van der Waals surface area contributed by atoms with E-state index in [0.29, 0.717) is 18.4 Å². The van der Waals surface area contributed by atoms with Crippen molar-refractivity contribution in [1.29, 1.82) is 0 Å². The lowest BCUT2D eigenvalue weighted by molar-refractivity contribution is -0.138. The van der Waals surface area contributed by atoms with E-state index in [9.17, 15) is 22.8 Å². The number of hydrogen-bond acceptors (Lipinski definition) is 7. The van der Waals surface area contributed by atoms with Crippen molar-refractivity contribution in [2.24, 2.45) is 5.92 Å². The lowest BCUT2D eigenvalue weighted by atomic mass is 10.0. The van der Waals surface area contributed by atoms with Crippen LogP contribution in [0.1, 0.15) is 37.0 Å². The Morgan fingerprint density at radius 3 is 2.54 bits per heavy atom. The molecule has 2 fully saturated rings. The van der Waals surface area contributed by atoms with Gasteiger partial charge in [-0.2, -0.15) is 4.31 Å². The summed E-state index contributed by atoms with van der Waals surface area (Å²) in [6.07, 6.45) is 3.46. The van der Waals surface area contributed by atoms with Crippen LogP contribution in [0, 0.1) is 5.92 Å². The number of fused-ring (bicyclic) bond motifs is 1. The van der Waals surface area contributed by atoms with Crippen LogP contribution in [0.3, 0.4) is 0 Å². The van der Waals surface area contributed by atoms with E-state index in [4.69, 9.17) is 0 Å². The molecule has 0 radical (unpaired) electrons. The van der Waals surface area contributed by atoms with E-state index in [1.54, 1.807) is 23.5 Å². The zero-order valence-corrected chi connectivity index (χ0v) is 23.3. The first-order valence-electron chi connectivity index (χ1n) is 12.9. The summed E-state index contributed by atoms with van der Waals surface area (Å²) in [4.78, 5) is 46.4. The smallest absolute Gasteiger partial charge is 0.251 e. The van der Waals surface area contributed by atoms with Gasteiger partial charge in [0.05, 0.1) is 12.6 Å². The number of pyridine rings is 1. The summed E-state index contributed by atoms with van der Waals surface area (Å²) in [6, 6.07) is 11.8. The largest absolute Gasteiger partial charge is 0.340 e. The van der Waals surface area contributed by atoms with Crippen molar-refractivity contribution in [1.82, 2.24) is 19.5 Å². The number of hydrogen-bond donors (Lipinski definition) is 1. The van der Waals surface area contributed by atoms with Crippen LogP contribution in [0.4, 0.5) is 0 Å². The Labute approximate surface area is 231 Å². The molecule has 0 spiro atoms. The van der Waals surface area contributed by atoms with Gasteiger partial charge in [-0.1, -0.05) is 32.0 Å². The minimum Gasteiger partial charge on any atom is -0.340 e. The third-order valence-corrected chi connectivity index (χ3v) is 9.94. The fourth-order valence-electron chi connectivity index (χ4n) is 5.34. The number of thiophene rings is 1. The molecular formula is C28H30N4O5S2. The first-order valence-corrected chi connectivity index (χ1v) is 15.2. The molecule has 1 N–H and O–H groups in total. The van der Waals surface area contributed by atoms with Crippen LogP contribution >= 0.6 is 11.3 Å². The Morgan fingerprint density at radius 1 is 1.13 bits per heavy atom. The zero-order valence-electron chi connectivity index (χ0n) is 21.7. The second-order valence-corrected chi connectivity index (χ2v) is 13.1. The van der Waals surface area contributed by atoms with Gasteiger partial charge in [-0.05, 0) is 60.0 Å². The van der Waals surface area contributed by atoms with Gasteiger partial charge >= 0.3 is 0 Å². The molecule has 3 atom stereocenters. The van der Waals surface area contributed by atoms with Crippen LogP contribution in [-0.2, 0) is 19.6 Å². The van der Waals surface area contributed by atoms with Gasteiger partial charge in [0, 0.05) is 29.4 Å². The summed E-state index contributed by atoms with van der Waals surface area (Å²) in [5.74, 6) is -0.965. The van der Waals surface area contributed by atoms with Crippen molar-refractivity contribution in [3.8, 4) is 10.4 Å². The fourth-order valence-corrected chi connectivity index (χ4v) is 7.66. The number of nitrogens with one attached hydrogen (secondary N) is 1. The number of benzene rings is 1. The van der Waals surface area contributed by atoms with Crippen molar-refractivity contribution < 1.29 is 22.8 Å². The van der Waals surface area contributed by atoms with Crippen molar-refractivity contribution in [2.75, 3.05) is 13.1 Å². The van der Waals surface area contributed by atoms with E-state index >= 15 is 0 Å². The number of aromatic nitrogens is 1. The van der Waals surface area contributed by atoms with Crippen molar-refractivity contribution in [3.05, 3.63) is 71.9 Å². The van der Waals surface area contributed by atoms with E-state index in [2.05, 4.69) is 10.3 Å². The SMILES string of the molecule is CC(C)CC(NC(=O)c1ccc(-c2cccs2)cc1)C(=O)N1CCC2C1C(=O)CN2S(=O)(=O)c1cccnc1. The highest BCUT2D eigenvalue weighted by atomic mass is 32.2. The second-order valence-electron chi connectivity index (χ2n) is 10.2. The Bertz CT molecular complexity index is 1460. The molecule has 2 aromatic heterocycles. The molecule has 2 saturated heterocycles. The topological polar surface area (TPSA) is 117 Å². The Balaban J connectivity index is 1.33. The van der Waals surface area contributed by atoms with Crippen LogP contribution in [0.15, 0.2) is 71.2 Å². The number of likely N-dealkylation sites (tertiary alicyclic amines) is 1. The maximum atomic E-state index is 13.8. The molecule has 0 saturated carbocycles. The first kappa shape index (κ1) is 27.2. The molecule has 0 aliphatic carbocycles. The van der Waals surface area contributed by atoms with E-state index in [1.165, 1.54) is 33.7 Å². The molecular weight excluding hydrogens is 536 g/mol. The van der Waals surface area contributed by atoms with E-state index in [1.807, 2.05) is 43.5 Å². The molecule has 4 heterocycles. The minimum atomic E-state index is -3.95. The van der Waals surface area contributed by atoms with Gasteiger partial charge in [0.1, 0.15) is 17.0 Å². The van der Waals surface area contributed by atoms with Crippen LogP contribution in [0.2, 0.25) is 0 Å². The average Bonchev–Trinajstić information content (AvgIpc) is 3.67. The summed E-state index contributed by atoms with van der Waals surface area (Å²) in [6.45, 7) is 3.85. The van der Waals surface area contributed by atoms with Crippen molar-refractivity contribution in [3.63, 3.8) is 0 Å². The lowest BCUT2D eigenvalue weighted by Gasteiger charge is -2.29. The fraction of sp³-hybridized carbons (Fsp3) is 0.357. The summed E-state index contributed by atoms with van der Waals surface area (Å²) in [5, 5.41) is 4.87. The standard InChI is InChI=1S/C28H30N4O5S2/c1-18(2)15-22(30-27(34)20-9-7-19(8-10-20)25-6-4-14-38-25)28(35)31-13-11-23-26(31)24(33)17-32(23)39(36,37)21-5-3-12-29-16-21/h3-10,12,14,16,18,22-23,26H,11,13,15,17H2,1-2H3,(H,30,34). The van der Waals surface area contributed by atoms with E-state index in [-0.39, 0.29) is 41.5 Å². The summed E-state index contributed by atoms with van der Waals surface area (Å²) in [7, 11) is -3.95. The molecule has 3 unspecified atom stereocenters. The van der Waals surface area contributed by atoms with E-state index in [0.717, 1.165) is 10.4 Å². The highest BCUT2D eigenvalue weighted by Crippen LogP contribution is 2.34. The maximum absolute atomic E-state index is 13.8. The number of carbonyl (C=O) groups is 3. The Morgan fingerprint density at radius 2 is 1.90 bits per heavy atom. The van der Waals surface area contributed by atoms with Gasteiger partial charge < -0.3 is 10.2 Å². The highest BCUT2D eigenvalue weighted by molar-refractivity contribution is 7.89. The second kappa shape index (κ2) is 11.0. The molecule has 204 valence electrons. The predicted molar refractivity (Wildman–Crippen MR) is 148 cm³/mol. The van der Waals surface area contributed by atoms with Gasteiger partial charge in [-0.3, -0.25) is 19.4 Å². The monoisotopic (exact) mass is 566 g/mol. The molecule has 2 aliphatic rings. The molecule has 0 bridgehead atoms. The van der Waals surface area contributed by atoms with E-state index < -0.39 is 28.1 Å². The number of amides is 2. The molecule has 1 aromatic carbocycles. The zero-order chi connectivity index (χ0) is 27.7. The van der Waals surface area contributed by atoms with Crippen molar-refractivity contribution in [2.45, 2.75) is 49.7 Å². The quantitative estimate of drug-likeness (QED) is 0.448. The third-order valence-electron chi connectivity index (χ3n) is 7.16. The highest BCUT2D eigenvalue weighted by Gasteiger charge is 2.54. The third kappa shape index (κ3) is 5.39. The summed E-state index contributed by atoms with van der Waals surface area (Å²) < 4.78 is 27.7. The van der Waals surface area contributed by atoms with Crippen LogP contribution < -0.4 is 5.32 Å². The van der Waals surface area contributed by atoms with Crippen LogP contribution in [0.25, 0.3) is 10.4 Å². The number of rotatable bonds is 8. The Kier molecular flexibility index (Phi) is 7.66. The van der Waals surface area contributed by atoms with Crippen molar-refractivity contribution >= 4 is 39.0 Å². The Hall–Kier alpha value is -3.41. The lowest BCUT2D eigenvalue weighted by Crippen LogP contribution is -2.53. The number of Topliss-reactive ketones (excluding diaryl/α,β-unsaturated/α-hetero) is 1. The molecule has 39 heavy (non-hydrogen) atoms. The van der Waals surface area contributed by atoms with Gasteiger partial charge in [-0.15, -0.1) is 11.3 Å². The van der Waals surface area contributed by atoms with Gasteiger partial charge in [0.25, 0.3) is 5.91 Å². The van der Waals surface area contributed by atoms with Gasteiger partial charge in [0.2, 0.25) is 15.9 Å². The molecule has 9 nitrogen and oxygen atoms in total. The van der Waals surface area contributed by atoms with Crippen LogP contribution in [0.5, 0.6) is 0 Å². The summed E-state index contributed by atoms with van der Waals surface area (Å²) in [5.41, 5.74) is 1.44. The summed E-state index contributed by atoms with van der Waals surface area (Å²) >= 11 is 1.61. The average molecular weight is 567 g/mol. The molecule has 5 rings (SSSR count). The van der Waals surface area contributed by atoms with Crippen LogP contribution in [-0.4, -0.2) is 71.4 Å². The number of ketones is 1.